The number of aromatic carboxylic acids is 1. The third-order valence-electron chi connectivity index (χ3n) is 5.28. The summed E-state index contributed by atoms with van der Waals surface area (Å²) in [5.41, 5.74) is 3.94. The Morgan fingerprint density at radius 1 is 0.914 bits per heavy atom. The summed E-state index contributed by atoms with van der Waals surface area (Å²) >= 11 is 0. The van der Waals surface area contributed by atoms with Gasteiger partial charge in [0.2, 0.25) is 0 Å². The summed E-state index contributed by atoms with van der Waals surface area (Å²) in [6.07, 6.45) is 4.16. The first-order valence-electron chi connectivity index (χ1n) is 10.7. The van der Waals surface area contributed by atoms with Crippen molar-refractivity contribution in [2.45, 2.75) is 6.61 Å². The first-order valence-corrected chi connectivity index (χ1v) is 10.7. The van der Waals surface area contributed by atoms with Crippen molar-refractivity contribution < 1.29 is 19.4 Å². The number of hydrogen-bond donors (Lipinski definition) is 1. The first kappa shape index (κ1) is 21.8. The topological polar surface area (TPSA) is 112 Å². The van der Waals surface area contributed by atoms with Crippen LogP contribution in [0.2, 0.25) is 0 Å². The highest BCUT2D eigenvalue weighted by molar-refractivity contribution is 5.88. The van der Waals surface area contributed by atoms with Gasteiger partial charge in [-0.2, -0.15) is 5.10 Å². The number of carbonyl (C=O) groups is 2. The molecule has 0 bridgehead atoms. The molecule has 9 nitrogen and oxygen atoms in total. The van der Waals surface area contributed by atoms with Crippen molar-refractivity contribution in [1.82, 2.24) is 24.8 Å². The monoisotopic (exact) mass is 465 g/mol. The lowest BCUT2D eigenvalue weighted by Gasteiger charge is -2.06. The van der Waals surface area contributed by atoms with Gasteiger partial charge in [-0.15, -0.1) is 5.10 Å². The quantitative estimate of drug-likeness (QED) is 0.342. The second-order valence-electron chi connectivity index (χ2n) is 7.66. The van der Waals surface area contributed by atoms with Crippen molar-refractivity contribution in [1.29, 1.82) is 0 Å². The fourth-order valence-corrected chi connectivity index (χ4v) is 3.57. The van der Waals surface area contributed by atoms with Gasteiger partial charge < -0.3 is 9.84 Å². The lowest BCUT2D eigenvalue weighted by atomic mass is 10.1. The molecule has 1 N–H and O–H groups in total. The van der Waals surface area contributed by atoms with Crippen LogP contribution in [0, 0.1) is 0 Å². The number of ether oxygens (including phenoxy) is 1. The van der Waals surface area contributed by atoms with Crippen LogP contribution in [0.25, 0.3) is 22.6 Å². The summed E-state index contributed by atoms with van der Waals surface area (Å²) in [7, 11) is 0. The van der Waals surface area contributed by atoms with E-state index in [1.165, 1.54) is 16.8 Å². The van der Waals surface area contributed by atoms with Gasteiger partial charge in [-0.05, 0) is 42.5 Å². The summed E-state index contributed by atoms with van der Waals surface area (Å²) in [5.74, 6) is -0.433. The number of carboxylic acids is 1. The third kappa shape index (κ3) is 4.69. The largest absolute Gasteiger partial charge is 0.487 e. The molecule has 2 heterocycles. The van der Waals surface area contributed by atoms with Crippen LogP contribution in [0.5, 0.6) is 5.75 Å². The van der Waals surface area contributed by atoms with E-state index >= 15 is 0 Å². The zero-order chi connectivity index (χ0) is 24.2. The van der Waals surface area contributed by atoms with E-state index in [0.717, 1.165) is 17.5 Å². The van der Waals surface area contributed by atoms with Gasteiger partial charge in [-0.1, -0.05) is 41.6 Å². The number of aromatic nitrogens is 5. The predicted octanol–water partition coefficient (Wildman–Crippen LogP) is 4.21. The number of para-hydroxylation sites is 1. The van der Waals surface area contributed by atoms with Gasteiger partial charge in [0.05, 0.1) is 28.7 Å². The maximum absolute atomic E-state index is 11.7. The smallest absolute Gasteiger partial charge is 0.335 e. The van der Waals surface area contributed by atoms with Gasteiger partial charge in [-0.3, -0.25) is 4.79 Å². The fraction of sp³-hybridized carbons (Fsp3) is 0.0385. The van der Waals surface area contributed by atoms with Crippen molar-refractivity contribution in [3.8, 4) is 28.4 Å². The van der Waals surface area contributed by atoms with Crippen LogP contribution in [0.3, 0.4) is 0 Å². The summed E-state index contributed by atoms with van der Waals surface area (Å²) in [6, 6.07) is 23.3. The molecule has 0 fully saturated rings. The Hall–Kier alpha value is -5.05. The molecule has 5 rings (SSSR count). The maximum Gasteiger partial charge on any atom is 0.335 e. The molecule has 2 aromatic heterocycles. The molecule has 3 aromatic carbocycles. The molecule has 0 saturated heterocycles. The van der Waals surface area contributed by atoms with Crippen molar-refractivity contribution in [2.24, 2.45) is 0 Å². The van der Waals surface area contributed by atoms with E-state index in [9.17, 15) is 14.7 Å². The molecule has 0 unspecified atom stereocenters. The molecule has 0 spiro atoms. The molecule has 0 radical (unpaired) electrons. The lowest BCUT2D eigenvalue weighted by molar-refractivity contribution is 0.0696. The number of hydrogen-bond acceptors (Lipinski definition) is 6. The SMILES string of the molecule is O=Cc1cn(-c2ccccc2)nc1-c1cccc(OCc2cn(-c3cccc(C(=O)O)c3)nn2)c1. The molecular weight excluding hydrogens is 446 g/mol. The number of carboxylic acid groups (broad SMARTS) is 1. The summed E-state index contributed by atoms with van der Waals surface area (Å²) in [6.45, 7) is 0.154. The molecule has 35 heavy (non-hydrogen) atoms. The normalized spacial score (nSPS) is 10.7. The number of aldehydes is 1. The maximum atomic E-state index is 11.7. The van der Waals surface area contributed by atoms with E-state index < -0.39 is 5.97 Å². The molecule has 172 valence electrons. The Morgan fingerprint density at radius 2 is 1.71 bits per heavy atom. The van der Waals surface area contributed by atoms with E-state index in [1.807, 2.05) is 48.5 Å². The van der Waals surface area contributed by atoms with Crippen LogP contribution in [0.4, 0.5) is 0 Å². The standard InChI is InChI=1S/C26H19N5O4/c32-16-20-14-30(22-8-2-1-3-9-22)28-25(20)18-6-5-11-24(13-18)35-17-21-15-31(29-27-21)23-10-4-7-19(12-23)26(33)34/h1-16H,17H2,(H,33,34). The van der Waals surface area contributed by atoms with Crippen LogP contribution in [-0.2, 0) is 6.61 Å². The summed E-state index contributed by atoms with van der Waals surface area (Å²) < 4.78 is 9.06. The van der Waals surface area contributed by atoms with Gasteiger partial charge >= 0.3 is 5.97 Å². The van der Waals surface area contributed by atoms with Crippen LogP contribution in [0.15, 0.2) is 91.3 Å². The first-order chi connectivity index (χ1) is 17.1. The van der Waals surface area contributed by atoms with E-state index in [4.69, 9.17) is 4.74 Å². The van der Waals surface area contributed by atoms with Crippen molar-refractivity contribution in [3.63, 3.8) is 0 Å². The van der Waals surface area contributed by atoms with Gasteiger partial charge in [0.15, 0.2) is 6.29 Å². The minimum absolute atomic E-state index is 0.154. The molecule has 0 atom stereocenters. The van der Waals surface area contributed by atoms with Crippen LogP contribution in [0.1, 0.15) is 26.4 Å². The zero-order valence-electron chi connectivity index (χ0n) is 18.4. The molecule has 0 amide bonds. The fourth-order valence-electron chi connectivity index (χ4n) is 3.57. The highest BCUT2D eigenvalue weighted by Crippen LogP contribution is 2.26. The van der Waals surface area contributed by atoms with Crippen LogP contribution >= 0.6 is 0 Å². The Morgan fingerprint density at radius 3 is 2.51 bits per heavy atom. The highest BCUT2D eigenvalue weighted by atomic mass is 16.5. The Balaban J connectivity index is 1.33. The number of rotatable bonds is 8. The number of nitrogens with zero attached hydrogens (tertiary/aromatic N) is 5. The Bertz CT molecular complexity index is 1510. The van der Waals surface area contributed by atoms with Gasteiger partial charge in [-0.25, -0.2) is 14.2 Å². The van der Waals surface area contributed by atoms with Crippen molar-refractivity contribution >= 4 is 12.3 Å². The van der Waals surface area contributed by atoms with E-state index in [0.29, 0.717) is 28.4 Å². The second-order valence-corrected chi connectivity index (χ2v) is 7.66. The molecule has 0 aliphatic heterocycles. The third-order valence-corrected chi connectivity index (χ3v) is 5.28. The average molecular weight is 465 g/mol. The number of benzene rings is 3. The van der Waals surface area contributed by atoms with E-state index in [2.05, 4.69) is 15.4 Å². The highest BCUT2D eigenvalue weighted by Gasteiger charge is 2.13. The second kappa shape index (κ2) is 9.44. The summed E-state index contributed by atoms with van der Waals surface area (Å²) in [5, 5.41) is 21.9. The van der Waals surface area contributed by atoms with Gasteiger partial charge in [0.25, 0.3) is 0 Å². The van der Waals surface area contributed by atoms with Gasteiger partial charge in [0.1, 0.15) is 23.7 Å². The van der Waals surface area contributed by atoms with Crippen molar-refractivity contribution in [3.05, 3.63) is 108 Å². The molecule has 0 saturated carbocycles. The van der Waals surface area contributed by atoms with Crippen molar-refractivity contribution in [2.75, 3.05) is 0 Å². The molecular formula is C26H19N5O4. The summed E-state index contributed by atoms with van der Waals surface area (Å²) in [4.78, 5) is 22.9. The van der Waals surface area contributed by atoms with Crippen LogP contribution < -0.4 is 4.74 Å². The minimum atomic E-state index is -1.01. The minimum Gasteiger partial charge on any atom is -0.487 e. The average Bonchev–Trinajstić information content (AvgIpc) is 3.56. The van der Waals surface area contributed by atoms with Crippen LogP contribution in [-0.4, -0.2) is 42.1 Å². The zero-order valence-corrected chi connectivity index (χ0v) is 18.4. The molecule has 9 heteroatoms. The molecule has 0 aliphatic carbocycles. The Kier molecular flexibility index (Phi) is 5.87. The predicted molar refractivity (Wildman–Crippen MR) is 127 cm³/mol. The Labute approximate surface area is 199 Å². The lowest BCUT2D eigenvalue weighted by Crippen LogP contribution is -2.00. The number of carbonyl (C=O) groups excluding carboxylic acids is 1. The van der Waals surface area contributed by atoms with E-state index in [-0.39, 0.29) is 12.2 Å². The molecule has 5 aromatic rings. The van der Waals surface area contributed by atoms with Gasteiger partial charge in [0, 0.05) is 11.8 Å². The molecule has 0 aliphatic rings. The van der Waals surface area contributed by atoms with E-state index in [1.54, 1.807) is 35.3 Å².